The maximum absolute atomic E-state index is 12.1. The number of phenols is 1. The molecule has 0 fully saturated rings. The van der Waals surface area contributed by atoms with E-state index in [0.717, 1.165) is 5.56 Å². The smallest absolute Gasteiger partial charge is 0.261 e. The van der Waals surface area contributed by atoms with E-state index >= 15 is 0 Å². The Bertz CT molecular complexity index is 694. The third-order valence-electron chi connectivity index (χ3n) is 2.61. The van der Waals surface area contributed by atoms with Crippen LogP contribution < -0.4 is 10.5 Å². The Labute approximate surface area is 111 Å². The number of sulfonamides is 1. The first kappa shape index (κ1) is 13.2. The molecule has 0 aliphatic heterocycles. The number of hydrogen-bond donors (Lipinski definition) is 3. The monoisotopic (exact) mass is 278 g/mol. The van der Waals surface area contributed by atoms with Gasteiger partial charge in [0.05, 0.1) is 16.3 Å². The van der Waals surface area contributed by atoms with Gasteiger partial charge in [0.15, 0.2) is 0 Å². The first-order chi connectivity index (χ1) is 8.88. The standard InChI is InChI=1S/C13H14N2O3S/c1-9-2-5-11(6-3-9)19(17,18)15-13-7-4-10(16)8-12(13)14/h2-8,15-16H,14H2,1H3. The van der Waals surface area contributed by atoms with E-state index in [1.807, 2.05) is 6.92 Å². The molecule has 5 nitrogen and oxygen atoms in total. The average molecular weight is 278 g/mol. The molecule has 2 aromatic carbocycles. The van der Waals surface area contributed by atoms with Gasteiger partial charge in [-0.05, 0) is 31.2 Å². The Kier molecular flexibility index (Phi) is 3.35. The van der Waals surface area contributed by atoms with Crippen molar-refractivity contribution in [2.45, 2.75) is 11.8 Å². The molecule has 0 spiro atoms. The van der Waals surface area contributed by atoms with Crippen LogP contribution in [0.25, 0.3) is 0 Å². The van der Waals surface area contributed by atoms with Gasteiger partial charge in [0, 0.05) is 6.07 Å². The molecule has 2 rings (SSSR count). The van der Waals surface area contributed by atoms with E-state index in [1.54, 1.807) is 12.1 Å². The van der Waals surface area contributed by atoms with Crippen LogP contribution in [0.15, 0.2) is 47.4 Å². The quantitative estimate of drug-likeness (QED) is 0.592. The zero-order valence-corrected chi connectivity index (χ0v) is 11.1. The molecule has 0 bridgehead atoms. The Hall–Kier alpha value is -2.21. The zero-order valence-electron chi connectivity index (χ0n) is 10.3. The first-order valence-electron chi connectivity index (χ1n) is 5.56. The SMILES string of the molecule is Cc1ccc(S(=O)(=O)Nc2ccc(O)cc2N)cc1. The van der Waals surface area contributed by atoms with Crippen molar-refractivity contribution in [2.75, 3.05) is 10.5 Å². The summed E-state index contributed by atoms with van der Waals surface area (Å²) >= 11 is 0. The molecule has 0 atom stereocenters. The number of hydrogen-bond acceptors (Lipinski definition) is 4. The van der Waals surface area contributed by atoms with Crippen molar-refractivity contribution in [2.24, 2.45) is 0 Å². The van der Waals surface area contributed by atoms with Crippen LogP contribution in [0.4, 0.5) is 11.4 Å². The maximum Gasteiger partial charge on any atom is 0.261 e. The van der Waals surface area contributed by atoms with E-state index in [2.05, 4.69) is 4.72 Å². The second kappa shape index (κ2) is 4.81. The van der Waals surface area contributed by atoms with Crippen molar-refractivity contribution < 1.29 is 13.5 Å². The lowest BCUT2D eigenvalue weighted by Crippen LogP contribution is -2.14. The summed E-state index contributed by atoms with van der Waals surface area (Å²) in [5, 5.41) is 9.23. The number of nitrogen functional groups attached to an aromatic ring is 1. The van der Waals surface area contributed by atoms with Gasteiger partial charge in [0.1, 0.15) is 5.75 Å². The number of nitrogens with one attached hydrogen (secondary N) is 1. The van der Waals surface area contributed by atoms with Gasteiger partial charge < -0.3 is 10.8 Å². The van der Waals surface area contributed by atoms with Gasteiger partial charge in [-0.2, -0.15) is 0 Å². The van der Waals surface area contributed by atoms with E-state index in [4.69, 9.17) is 5.73 Å². The summed E-state index contributed by atoms with van der Waals surface area (Å²) in [4.78, 5) is 0.158. The first-order valence-corrected chi connectivity index (χ1v) is 7.05. The molecule has 0 aliphatic carbocycles. The molecule has 0 saturated heterocycles. The minimum absolute atomic E-state index is 0.0178. The molecule has 0 aromatic heterocycles. The number of rotatable bonds is 3. The van der Waals surface area contributed by atoms with E-state index < -0.39 is 10.0 Å². The van der Waals surface area contributed by atoms with Crippen LogP contribution in [0.5, 0.6) is 5.75 Å². The van der Waals surface area contributed by atoms with Gasteiger partial charge in [0.25, 0.3) is 10.0 Å². The van der Waals surface area contributed by atoms with Crippen molar-refractivity contribution in [1.82, 2.24) is 0 Å². The fourth-order valence-corrected chi connectivity index (χ4v) is 2.65. The Morgan fingerprint density at radius 1 is 1.11 bits per heavy atom. The van der Waals surface area contributed by atoms with Crippen LogP contribution in [-0.2, 0) is 10.0 Å². The summed E-state index contributed by atoms with van der Waals surface area (Å²) in [6.07, 6.45) is 0. The van der Waals surface area contributed by atoms with Gasteiger partial charge in [-0.3, -0.25) is 4.72 Å². The highest BCUT2D eigenvalue weighted by Crippen LogP contribution is 2.25. The summed E-state index contributed by atoms with van der Waals surface area (Å²) < 4.78 is 26.6. The molecular weight excluding hydrogens is 264 g/mol. The third-order valence-corrected chi connectivity index (χ3v) is 3.99. The van der Waals surface area contributed by atoms with Gasteiger partial charge in [-0.25, -0.2) is 8.42 Å². The minimum atomic E-state index is -3.68. The zero-order chi connectivity index (χ0) is 14.0. The molecule has 0 saturated carbocycles. The van der Waals surface area contributed by atoms with Crippen molar-refractivity contribution in [3.63, 3.8) is 0 Å². The molecule has 0 radical (unpaired) electrons. The number of phenolic OH excluding ortho intramolecular Hbond substituents is 1. The Morgan fingerprint density at radius 2 is 1.74 bits per heavy atom. The predicted octanol–water partition coefficient (Wildman–Crippen LogP) is 2.08. The number of benzene rings is 2. The third kappa shape index (κ3) is 2.97. The van der Waals surface area contributed by atoms with E-state index in [9.17, 15) is 13.5 Å². The highest BCUT2D eigenvalue weighted by atomic mass is 32.2. The van der Waals surface area contributed by atoms with Crippen LogP contribution in [0.2, 0.25) is 0 Å². The van der Waals surface area contributed by atoms with Crippen LogP contribution in [0, 0.1) is 6.92 Å². The number of anilines is 2. The molecule has 0 heterocycles. The molecule has 0 unspecified atom stereocenters. The summed E-state index contributed by atoms with van der Waals surface area (Å²) in [7, 11) is -3.68. The molecule has 4 N–H and O–H groups in total. The summed E-state index contributed by atoms with van der Waals surface area (Å²) in [6.45, 7) is 1.88. The Balaban J connectivity index is 2.33. The lowest BCUT2D eigenvalue weighted by molar-refractivity contribution is 0.475. The largest absolute Gasteiger partial charge is 0.508 e. The van der Waals surface area contributed by atoms with E-state index in [-0.39, 0.29) is 22.0 Å². The van der Waals surface area contributed by atoms with E-state index in [1.165, 1.54) is 30.3 Å². The number of nitrogens with two attached hydrogens (primary N) is 1. The topological polar surface area (TPSA) is 92.4 Å². The van der Waals surface area contributed by atoms with Gasteiger partial charge in [-0.15, -0.1) is 0 Å². The highest BCUT2D eigenvalue weighted by Gasteiger charge is 2.15. The predicted molar refractivity (Wildman–Crippen MR) is 74.5 cm³/mol. The number of aromatic hydroxyl groups is 1. The number of aryl methyl sites for hydroxylation is 1. The van der Waals surface area contributed by atoms with Crippen molar-refractivity contribution in [3.05, 3.63) is 48.0 Å². The van der Waals surface area contributed by atoms with Gasteiger partial charge in [-0.1, -0.05) is 17.7 Å². The van der Waals surface area contributed by atoms with Crippen molar-refractivity contribution in [1.29, 1.82) is 0 Å². The molecule has 0 aliphatic rings. The van der Waals surface area contributed by atoms with Crippen molar-refractivity contribution >= 4 is 21.4 Å². The molecule has 6 heteroatoms. The normalized spacial score (nSPS) is 11.2. The fourth-order valence-electron chi connectivity index (χ4n) is 1.56. The fraction of sp³-hybridized carbons (Fsp3) is 0.0769. The summed E-state index contributed by atoms with van der Waals surface area (Å²) in [5.41, 5.74) is 7.02. The van der Waals surface area contributed by atoms with Crippen LogP contribution >= 0.6 is 0 Å². The maximum atomic E-state index is 12.1. The lowest BCUT2D eigenvalue weighted by Gasteiger charge is -2.10. The molecule has 100 valence electrons. The second-order valence-electron chi connectivity index (χ2n) is 4.19. The molecule has 0 amide bonds. The molecule has 19 heavy (non-hydrogen) atoms. The van der Waals surface area contributed by atoms with Crippen LogP contribution in [0.3, 0.4) is 0 Å². The lowest BCUT2D eigenvalue weighted by atomic mass is 10.2. The van der Waals surface area contributed by atoms with Crippen LogP contribution in [0.1, 0.15) is 5.56 Å². The minimum Gasteiger partial charge on any atom is -0.508 e. The average Bonchev–Trinajstić information content (AvgIpc) is 2.33. The Morgan fingerprint density at radius 3 is 2.32 bits per heavy atom. The van der Waals surface area contributed by atoms with Crippen molar-refractivity contribution in [3.8, 4) is 5.75 Å². The van der Waals surface area contributed by atoms with E-state index in [0.29, 0.717) is 0 Å². The highest BCUT2D eigenvalue weighted by molar-refractivity contribution is 7.92. The summed E-state index contributed by atoms with van der Waals surface area (Å²) in [6, 6.07) is 10.5. The molecular formula is C13H14N2O3S. The van der Waals surface area contributed by atoms with Gasteiger partial charge >= 0.3 is 0 Å². The van der Waals surface area contributed by atoms with Crippen LogP contribution in [-0.4, -0.2) is 13.5 Å². The second-order valence-corrected chi connectivity index (χ2v) is 5.87. The summed E-state index contributed by atoms with van der Waals surface area (Å²) in [5.74, 6) is -0.0178. The molecule has 2 aromatic rings. The van der Waals surface area contributed by atoms with Gasteiger partial charge in [0.2, 0.25) is 0 Å².